The monoisotopic (exact) mass is 660 g/mol. The van der Waals surface area contributed by atoms with Crippen molar-refractivity contribution >= 4 is 35.4 Å². The van der Waals surface area contributed by atoms with E-state index in [1.807, 2.05) is 0 Å². The van der Waals surface area contributed by atoms with Gasteiger partial charge in [0, 0.05) is 46.4 Å². The molecule has 0 radical (unpaired) electrons. The molecular weight excluding hydrogens is 631 g/mol. The topological polar surface area (TPSA) is 115 Å². The predicted octanol–water partition coefficient (Wildman–Crippen LogP) is 4.84. The van der Waals surface area contributed by atoms with Gasteiger partial charge in [0.2, 0.25) is 0 Å². The summed E-state index contributed by atoms with van der Waals surface area (Å²) in [6.07, 6.45) is 0. The predicted molar refractivity (Wildman–Crippen MR) is 124 cm³/mol. The van der Waals surface area contributed by atoms with Crippen molar-refractivity contribution in [1.82, 2.24) is 0 Å². The second kappa shape index (κ2) is 21.8. The van der Waals surface area contributed by atoms with Crippen LogP contribution < -0.4 is 4.90 Å². The molecule has 1 aliphatic heterocycles. The number of rotatable bonds is 5. The molecule has 1 aromatic carbocycles. The Hall–Kier alpha value is -1.06. The third-order valence-corrected chi connectivity index (χ3v) is 20.0. The minimum absolute atomic E-state index is 0. The van der Waals surface area contributed by atoms with Crippen molar-refractivity contribution in [3.8, 4) is 0 Å². The van der Waals surface area contributed by atoms with Crippen LogP contribution in [0.5, 0.6) is 0 Å². The van der Waals surface area contributed by atoms with Crippen LogP contribution in [0.3, 0.4) is 0 Å². The fourth-order valence-corrected chi connectivity index (χ4v) is 21.9. The molecule has 1 atom stereocenters. The number of nitrogens with zero attached hydrogens (tertiary/aromatic N) is 2. The molecule has 1 unspecified atom stereocenters. The van der Waals surface area contributed by atoms with Gasteiger partial charge in [-0.3, -0.25) is 4.76 Å². The Labute approximate surface area is 210 Å². The summed E-state index contributed by atoms with van der Waals surface area (Å²) < 4.78 is 42.5. The van der Waals surface area contributed by atoms with Gasteiger partial charge in [-0.15, -0.1) is 0 Å². The fourth-order valence-electron chi connectivity index (χ4n) is 3.39. The molecule has 2 rings (SSSR count). The molecule has 0 amide bonds. The summed E-state index contributed by atoms with van der Waals surface area (Å²) in [4.78, 5) is 3.05. The van der Waals surface area contributed by atoms with Crippen LogP contribution in [-0.4, -0.2) is 40.6 Å². The molecule has 0 spiro atoms. The van der Waals surface area contributed by atoms with Gasteiger partial charge in [-0.1, -0.05) is 51.4 Å². The maximum Gasteiger partial charge on any atom is 0 e. The van der Waals surface area contributed by atoms with Gasteiger partial charge in [0.05, 0.1) is 29.7 Å². The van der Waals surface area contributed by atoms with Crippen LogP contribution in [0.4, 0.5) is 5.69 Å². The van der Waals surface area contributed by atoms with Gasteiger partial charge in [-0.2, -0.15) is 0 Å². The van der Waals surface area contributed by atoms with Crippen molar-refractivity contribution in [2.45, 2.75) is 44.2 Å². The average molecular weight is 660 g/mol. The molecule has 7 nitrogen and oxygen atoms in total. The molecule has 172 valence electrons. The molecule has 11 heteroatoms. The van der Waals surface area contributed by atoms with E-state index >= 15 is 0 Å². The van der Waals surface area contributed by atoms with E-state index in [2.05, 4.69) is 116 Å². The Morgan fingerprint density at radius 2 is 1.03 bits per heavy atom. The number of benzene rings is 1. The van der Waals surface area contributed by atoms with E-state index in [0.717, 1.165) is 4.91 Å². The number of hydrogen-bond donors (Lipinski definition) is 0. The van der Waals surface area contributed by atoms with E-state index in [1.54, 1.807) is 0 Å². The van der Waals surface area contributed by atoms with Gasteiger partial charge in [0.25, 0.3) is 0 Å². The Bertz CT molecular complexity index is 713. The Balaban J connectivity index is -0.000000195. The van der Waals surface area contributed by atoms with Gasteiger partial charge >= 0.3 is 56.5 Å². The third-order valence-electron chi connectivity index (χ3n) is 3.91. The molecule has 0 aliphatic carbocycles. The van der Waals surface area contributed by atoms with E-state index in [0.29, 0.717) is 0 Å². The number of anilines is 1. The van der Waals surface area contributed by atoms with Crippen molar-refractivity contribution in [2.75, 3.05) is 19.0 Å². The SMILES string of the molecule is CN(C)c1ccc(C2=NP2C([Si](C)(C)C)[Si](C)(C)C)cc1.[C-]#[O+].[C-]#[O+].[C-]#[O+].[C-]#[O+].[C-]#[O+].[W]. The van der Waals surface area contributed by atoms with Crippen LogP contribution in [0.2, 0.25) is 39.3 Å². The zero-order valence-corrected chi connectivity index (χ0v) is 25.5. The Morgan fingerprint density at radius 1 is 0.719 bits per heavy atom. The first-order valence-corrected chi connectivity index (χ1v) is 17.2. The van der Waals surface area contributed by atoms with Crippen LogP contribution in [-0.2, 0) is 44.3 Å². The fraction of sp³-hybridized carbons (Fsp3) is 0.429. The van der Waals surface area contributed by atoms with E-state index in [4.69, 9.17) is 28.0 Å². The van der Waals surface area contributed by atoms with Crippen molar-refractivity contribution in [2.24, 2.45) is 4.76 Å². The largest absolute Gasteiger partial charge is 0 e. The average Bonchev–Trinajstić information content (AvgIpc) is 3.53. The van der Waals surface area contributed by atoms with E-state index in [1.165, 1.54) is 16.7 Å². The van der Waals surface area contributed by atoms with E-state index < -0.39 is 16.1 Å². The molecule has 0 N–H and O–H groups in total. The third kappa shape index (κ3) is 14.9. The van der Waals surface area contributed by atoms with Crippen molar-refractivity contribution in [3.05, 3.63) is 63.1 Å². The second-order valence-corrected chi connectivity index (χ2v) is 22.3. The summed E-state index contributed by atoms with van der Waals surface area (Å²) in [5.74, 6) is 0. The molecule has 0 aromatic heterocycles. The minimum Gasteiger partial charge on any atom is 0 e. The first-order chi connectivity index (χ1) is 14.5. The maximum absolute atomic E-state index is 7.50. The van der Waals surface area contributed by atoms with Crippen LogP contribution in [0.1, 0.15) is 5.56 Å². The molecule has 0 saturated carbocycles. The van der Waals surface area contributed by atoms with Gasteiger partial charge in [-0.05, 0) is 17.0 Å². The van der Waals surface area contributed by atoms with E-state index in [-0.39, 0.29) is 29.1 Å². The molecular formula is C21H29N2O5PSi2W. The van der Waals surface area contributed by atoms with Gasteiger partial charge in [0.15, 0.2) is 0 Å². The van der Waals surface area contributed by atoms with Crippen LogP contribution >= 0.6 is 8.07 Å². The summed E-state index contributed by atoms with van der Waals surface area (Å²) in [5, 5.41) is 0. The van der Waals surface area contributed by atoms with Crippen LogP contribution in [0.25, 0.3) is 0 Å². The zero-order valence-electron chi connectivity index (χ0n) is 19.7. The van der Waals surface area contributed by atoms with Crippen molar-refractivity contribution in [3.63, 3.8) is 0 Å². The smallest absolute Gasteiger partial charge is 0 e. The normalized spacial score (nSPS) is 12.6. The number of hydrogen-bond acceptors (Lipinski definition) is 2. The van der Waals surface area contributed by atoms with Crippen molar-refractivity contribution in [1.29, 1.82) is 0 Å². The summed E-state index contributed by atoms with van der Waals surface area (Å²) in [6, 6.07) is 8.92. The summed E-state index contributed by atoms with van der Waals surface area (Å²) in [5.41, 5.74) is 4.04. The summed E-state index contributed by atoms with van der Waals surface area (Å²) >= 11 is 0. The first-order valence-electron chi connectivity index (χ1n) is 8.69. The molecule has 1 aliphatic rings. The zero-order chi connectivity index (χ0) is 26.0. The minimum atomic E-state index is -1.16. The first kappa shape index (κ1) is 41.2. The quantitative estimate of drug-likeness (QED) is 0.191. The molecule has 1 heterocycles. The van der Waals surface area contributed by atoms with Crippen LogP contribution in [0, 0.1) is 33.3 Å². The molecule has 0 fully saturated rings. The molecule has 1 aromatic rings. The summed E-state index contributed by atoms with van der Waals surface area (Å²) in [6.45, 7) is 37.7. The second-order valence-electron chi connectivity index (χ2n) is 8.34. The Kier molecular flexibility index (Phi) is 28.0. The molecule has 0 saturated heterocycles. The van der Waals surface area contributed by atoms with Crippen molar-refractivity contribution < 1.29 is 44.3 Å². The standard InChI is InChI=1S/C16H29N2PSi2.5CO.W/c1-18(2)14-11-9-13(10-12-14)15-17-19(15)16(20(3,4)5)21(6,7)8;5*1-2;/h9-12,16H,1-8H3;;;;;;. The van der Waals surface area contributed by atoms with Gasteiger partial charge in [-0.25, -0.2) is 0 Å². The van der Waals surface area contributed by atoms with Gasteiger partial charge in [0.1, 0.15) is 0 Å². The summed E-state index contributed by atoms with van der Waals surface area (Å²) in [7, 11) is 1.65. The molecule has 32 heavy (non-hydrogen) atoms. The van der Waals surface area contributed by atoms with E-state index in [9.17, 15) is 0 Å². The Morgan fingerprint density at radius 3 is 1.28 bits per heavy atom. The maximum atomic E-state index is 7.50. The van der Waals surface area contributed by atoms with Gasteiger partial charge < -0.3 is 4.90 Å². The molecule has 0 bridgehead atoms. The van der Waals surface area contributed by atoms with Crippen LogP contribution in [0.15, 0.2) is 29.0 Å².